The van der Waals surface area contributed by atoms with E-state index in [-0.39, 0.29) is 11.8 Å². The molecule has 0 N–H and O–H groups in total. The summed E-state index contributed by atoms with van der Waals surface area (Å²) >= 11 is 0. The lowest BCUT2D eigenvalue weighted by Gasteiger charge is -2.28. The number of carbonyl (C=O) groups is 2. The molecule has 3 rings (SSSR count). The maximum absolute atomic E-state index is 12.2. The van der Waals surface area contributed by atoms with Gasteiger partial charge in [0.25, 0.3) is 11.8 Å². The molecule has 2 aliphatic rings. The number of hydrogen-bond donors (Lipinski definition) is 0. The Bertz CT molecular complexity index is 607. The molecular formula is C15H16N2O2. The van der Waals surface area contributed by atoms with Crippen molar-refractivity contribution in [1.82, 2.24) is 5.01 Å². The fourth-order valence-electron chi connectivity index (χ4n) is 2.67. The van der Waals surface area contributed by atoms with Crippen LogP contribution < -0.4 is 5.01 Å². The fourth-order valence-corrected chi connectivity index (χ4v) is 2.67. The van der Waals surface area contributed by atoms with Crippen LogP contribution in [0.1, 0.15) is 25.0 Å². The van der Waals surface area contributed by atoms with Crippen LogP contribution in [-0.2, 0) is 16.0 Å². The Morgan fingerprint density at radius 2 is 1.63 bits per heavy atom. The first-order chi connectivity index (χ1) is 9.00. The number of hydrogen-bond acceptors (Lipinski definition) is 3. The third-order valence-electron chi connectivity index (χ3n) is 3.94. The molecule has 0 saturated heterocycles. The minimum Gasteiger partial charge on any atom is -0.275 e. The first-order valence-corrected chi connectivity index (χ1v) is 6.44. The lowest BCUT2D eigenvalue weighted by Crippen LogP contribution is -2.46. The zero-order chi connectivity index (χ0) is 13.7. The second kappa shape index (κ2) is 3.95. The van der Waals surface area contributed by atoms with Crippen molar-refractivity contribution in [2.75, 3.05) is 11.6 Å². The molecule has 0 aromatic heterocycles. The van der Waals surface area contributed by atoms with Crippen LogP contribution in [0.4, 0.5) is 5.69 Å². The van der Waals surface area contributed by atoms with E-state index in [1.807, 2.05) is 19.1 Å². The minimum atomic E-state index is -0.198. The molecule has 2 aliphatic heterocycles. The number of aryl methyl sites for hydroxylation is 1. The molecule has 0 unspecified atom stereocenters. The smallest absolute Gasteiger partial charge is 0.275 e. The van der Waals surface area contributed by atoms with Crippen molar-refractivity contribution in [3.05, 3.63) is 40.5 Å². The number of benzene rings is 1. The molecule has 0 saturated carbocycles. The second-order valence-electron chi connectivity index (χ2n) is 5.18. The van der Waals surface area contributed by atoms with Crippen molar-refractivity contribution in [2.45, 2.75) is 27.2 Å². The van der Waals surface area contributed by atoms with Gasteiger partial charge in [0, 0.05) is 17.7 Å². The SMILES string of the molecule is CC1=C(C)C(=O)N(N2CCc3cc(C)ccc32)C1=O. The summed E-state index contributed by atoms with van der Waals surface area (Å²) in [5.74, 6) is -0.396. The Kier molecular flexibility index (Phi) is 2.49. The van der Waals surface area contributed by atoms with Crippen LogP contribution >= 0.6 is 0 Å². The quantitative estimate of drug-likeness (QED) is 0.721. The van der Waals surface area contributed by atoms with Crippen LogP contribution in [-0.4, -0.2) is 23.4 Å². The van der Waals surface area contributed by atoms with Gasteiger partial charge in [0.2, 0.25) is 0 Å². The molecule has 98 valence electrons. The fraction of sp³-hybridized carbons (Fsp3) is 0.333. The van der Waals surface area contributed by atoms with Gasteiger partial charge >= 0.3 is 0 Å². The van der Waals surface area contributed by atoms with E-state index >= 15 is 0 Å². The minimum absolute atomic E-state index is 0.198. The molecule has 1 aromatic carbocycles. The number of amides is 2. The number of hydrazine groups is 1. The molecule has 2 amide bonds. The highest BCUT2D eigenvalue weighted by Gasteiger charge is 2.39. The number of fused-ring (bicyclic) bond motifs is 1. The maximum atomic E-state index is 12.2. The lowest BCUT2D eigenvalue weighted by molar-refractivity contribution is -0.138. The van der Waals surface area contributed by atoms with E-state index in [1.165, 1.54) is 16.1 Å². The highest BCUT2D eigenvalue weighted by atomic mass is 16.2. The lowest BCUT2D eigenvalue weighted by atomic mass is 10.1. The van der Waals surface area contributed by atoms with Gasteiger partial charge in [-0.2, -0.15) is 5.01 Å². The van der Waals surface area contributed by atoms with E-state index in [4.69, 9.17) is 0 Å². The Morgan fingerprint density at radius 3 is 2.26 bits per heavy atom. The zero-order valence-electron chi connectivity index (χ0n) is 11.4. The Balaban J connectivity index is 2.00. The highest BCUT2D eigenvalue weighted by Crippen LogP contribution is 2.33. The summed E-state index contributed by atoms with van der Waals surface area (Å²) in [4.78, 5) is 24.4. The number of carbonyl (C=O) groups excluding carboxylic acids is 2. The van der Waals surface area contributed by atoms with Crippen LogP contribution in [0, 0.1) is 6.92 Å². The summed E-state index contributed by atoms with van der Waals surface area (Å²) in [5, 5.41) is 3.09. The second-order valence-corrected chi connectivity index (χ2v) is 5.18. The van der Waals surface area contributed by atoms with Gasteiger partial charge in [-0.3, -0.25) is 14.6 Å². The average molecular weight is 256 g/mol. The largest absolute Gasteiger partial charge is 0.276 e. The van der Waals surface area contributed by atoms with Crippen molar-refractivity contribution in [3.63, 3.8) is 0 Å². The summed E-state index contributed by atoms with van der Waals surface area (Å²) in [7, 11) is 0. The van der Waals surface area contributed by atoms with E-state index in [0.717, 1.165) is 12.1 Å². The first-order valence-electron chi connectivity index (χ1n) is 6.44. The zero-order valence-corrected chi connectivity index (χ0v) is 11.4. The Labute approximate surface area is 112 Å². The van der Waals surface area contributed by atoms with Crippen LogP contribution in [0.3, 0.4) is 0 Å². The standard InChI is InChI=1S/C15H16N2O2/c1-9-4-5-13-12(8-9)6-7-16(13)17-14(18)10(2)11(3)15(17)19/h4-5,8H,6-7H2,1-3H3. The molecule has 1 aromatic rings. The average Bonchev–Trinajstić information content (AvgIpc) is 2.86. The van der Waals surface area contributed by atoms with Crippen molar-refractivity contribution in [1.29, 1.82) is 0 Å². The predicted molar refractivity (Wildman–Crippen MR) is 72.5 cm³/mol. The van der Waals surface area contributed by atoms with Crippen molar-refractivity contribution < 1.29 is 9.59 Å². The highest BCUT2D eigenvalue weighted by molar-refractivity contribution is 6.19. The Morgan fingerprint density at radius 1 is 1.00 bits per heavy atom. The molecule has 0 radical (unpaired) electrons. The molecule has 4 nitrogen and oxygen atoms in total. The molecule has 19 heavy (non-hydrogen) atoms. The van der Waals surface area contributed by atoms with Crippen molar-refractivity contribution in [2.24, 2.45) is 0 Å². The number of rotatable bonds is 1. The topological polar surface area (TPSA) is 40.6 Å². The van der Waals surface area contributed by atoms with E-state index in [1.54, 1.807) is 18.9 Å². The normalized spacial score (nSPS) is 18.7. The van der Waals surface area contributed by atoms with E-state index < -0.39 is 0 Å². The van der Waals surface area contributed by atoms with Gasteiger partial charge in [-0.1, -0.05) is 17.7 Å². The van der Waals surface area contributed by atoms with Crippen molar-refractivity contribution >= 4 is 17.5 Å². The summed E-state index contributed by atoms with van der Waals surface area (Å²) in [6.07, 6.45) is 0.867. The first kappa shape index (κ1) is 12.0. The molecule has 2 heterocycles. The third kappa shape index (κ3) is 1.59. The maximum Gasteiger partial charge on any atom is 0.276 e. The predicted octanol–water partition coefficient (Wildman–Crippen LogP) is 1.98. The monoisotopic (exact) mass is 256 g/mol. The molecule has 0 fully saturated rings. The number of imide groups is 1. The van der Waals surface area contributed by atoms with Gasteiger partial charge in [0.15, 0.2) is 0 Å². The third-order valence-corrected chi connectivity index (χ3v) is 3.94. The van der Waals surface area contributed by atoms with Crippen LogP contribution in [0.2, 0.25) is 0 Å². The summed E-state index contributed by atoms with van der Waals surface area (Å²) in [5.41, 5.74) is 4.46. The van der Waals surface area contributed by atoms with Gasteiger partial charge in [0.05, 0.1) is 5.69 Å². The van der Waals surface area contributed by atoms with Gasteiger partial charge in [-0.25, -0.2) is 0 Å². The van der Waals surface area contributed by atoms with Gasteiger partial charge in [-0.15, -0.1) is 0 Å². The summed E-state index contributed by atoms with van der Waals surface area (Å²) in [6, 6.07) is 6.12. The summed E-state index contributed by atoms with van der Waals surface area (Å²) < 4.78 is 0. The van der Waals surface area contributed by atoms with Gasteiger partial charge in [0.1, 0.15) is 0 Å². The number of nitrogens with zero attached hydrogens (tertiary/aromatic N) is 2. The van der Waals surface area contributed by atoms with Crippen LogP contribution in [0.5, 0.6) is 0 Å². The molecular weight excluding hydrogens is 240 g/mol. The van der Waals surface area contributed by atoms with Crippen LogP contribution in [0.15, 0.2) is 29.3 Å². The molecule has 0 aliphatic carbocycles. The van der Waals surface area contributed by atoms with Crippen LogP contribution in [0.25, 0.3) is 0 Å². The Hall–Kier alpha value is -2.10. The number of anilines is 1. The summed E-state index contributed by atoms with van der Waals surface area (Å²) in [6.45, 7) is 6.14. The molecule has 0 atom stereocenters. The van der Waals surface area contributed by atoms with Gasteiger partial charge < -0.3 is 0 Å². The molecule has 0 spiro atoms. The molecule has 0 bridgehead atoms. The molecule has 4 heteroatoms. The van der Waals surface area contributed by atoms with E-state index in [0.29, 0.717) is 17.7 Å². The van der Waals surface area contributed by atoms with Gasteiger partial charge in [-0.05, 0) is 38.8 Å². The van der Waals surface area contributed by atoms with E-state index in [9.17, 15) is 9.59 Å². The van der Waals surface area contributed by atoms with E-state index in [2.05, 4.69) is 6.07 Å². The van der Waals surface area contributed by atoms with Crippen molar-refractivity contribution in [3.8, 4) is 0 Å².